The Morgan fingerprint density at radius 2 is 1.55 bits per heavy atom. The molecule has 2 aromatic rings. The van der Waals surface area contributed by atoms with E-state index in [0.29, 0.717) is 5.56 Å². The predicted molar refractivity (Wildman–Crippen MR) is 116 cm³/mol. The summed E-state index contributed by atoms with van der Waals surface area (Å²) in [4.78, 5) is 36.1. The first-order valence-corrected chi connectivity index (χ1v) is 9.50. The molecule has 0 saturated heterocycles. The average molecular weight is 413 g/mol. The number of hydrogen-bond acceptors (Lipinski definition) is 4. The molecule has 0 aliphatic carbocycles. The minimum Gasteiger partial charge on any atom is -0.326 e. The van der Waals surface area contributed by atoms with E-state index in [0.717, 1.165) is 22.4 Å². The summed E-state index contributed by atoms with van der Waals surface area (Å²) >= 11 is 5.00. The Morgan fingerprint density at radius 3 is 2.24 bits per heavy atom. The molecule has 7 nitrogen and oxygen atoms in total. The number of benzene rings is 2. The van der Waals surface area contributed by atoms with Crippen LogP contribution in [0.1, 0.15) is 39.9 Å². The number of aryl methyl sites for hydroxylation is 3. The molecule has 0 spiro atoms. The van der Waals surface area contributed by atoms with Crippen molar-refractivity contribution < 1.29 is 14.4 Å². The number of carbonyl (C=O) groups excluding carboxylic acids is 3. The molecule has 0 aliphatic rings. The van der Waals surface area contributed by atoms with Crippen LogP contribution in [0.2, 0.25) is 0 Å². The van der Waals surface area contributed by atoms with E-state index in [1.165, 1.54) is 0 Å². The van der Waals surface area contributed by atoms with Crippen LogP contribution in [0.25, 0.3) is 0 Å². The van der Waals surface area contributed by atoms with Crippen molar-refractivity contribution in [2.45, 2.75) is 33.6 Å². The van der Waals surface area contributed by atoms with Crippen LogP contribution in [0, 0.1) is 20.8 Å². The van der Waals surface area contributed by atoms with Crippen LogP contribution in [0.15, 0.2) is 42.5 Å². The Bertz CT molecular complexity index is 943. The van der Waals surface area contributed by atoms with Crippen molar-refractivity contribution in [3.63, 3.8) is 0 Å². The smallest absolute Gasteiger partial charge is 0.257 e. The van der Waals surface area contributed by atoms with Crippen molar-refractivity contribution in [3.8, 4) is 0 Å². The molecule has 0 aliphatic heterocycles. The molecular formula is C21H24N4O3S. The fourth-order valence-electron chi connectivity index (χ4n) is 2.61. The third-order valence-electron chi connectivity index (χ3n) is 4.17. The Morgan fingerprint density at radius 1 is 0.862 bits per heavy atom. The minimum atomic E-state index is -0.423. The molecule has 29 heavy (non-hydrogen) atoms. The van der Waals surface area contributed by atoms with Gasteiger partial charge in [-0.15, -0.1) is 0 Å². The van der Waals surface area contributed by atoms with E-state index in [-0.39, 0.29) is 29.8 Å². The van der Waals surface area contributed by atoms with E-state index in [2.05, 4.69) is 21.5 Å². The van der Waals surface area contributed by atoms with Gasteiger partial charge >= 0.3 is 0 Å². The van der Waals surface area contributed by atoms with Crippen LogP contribution in [-0.4, -0.2) is 22.8 Å². The molecule has 0 saturated carbocycles. The molecule has 152 valence electrons. The highest BCUT2D eigenvalue weighted by Crippen LogP contribution is 2.16. The summed E-state index contributed by atoms with van der Waals surface area (Å²) in [5, 5.41) is 5.24. The van der Waals surface area contributed by atoms with Crippen molar-refractivity contribution in [3.05, 3.63) is 64.7 Å². The highest BCUT2D eigenvalue weighted by atomic mass is 32.1. The summed E-state index contributed by atoms with van der Waals surface area (Å²) in [6, 6.07) is 12.8. The molecular weight excluding hydrogens is 388 g/mol. The van der Waals surface area contributed by atoms with Gasteiger partial charge in [0.1, 0.15) is 0 Å². The lowest BCUT2D eigenvalue weighted by molar-refractivity contribution is -0.124. The van der Waals surface area contributed by atoms with Gasteiger partial charge in [-0.05, 0) is 56.2 Å². The molecule has 0 heterocycles. The Kier molecular flexibility index (Phi) is 7.85. The lowest BCUT2D eigenvalue weighted by Gasteiger charge is -2.12. The number of carbonyl (C=O) groups is 3. The second-order valence-electron chi connectivity index (χ2n) is 6.64. The zero-order valence-corrected chi connectivity index (χ0v) is 17.4. The van der Waals surface area contributed by atoms with E-state index < -0.39 is 5.91 Å². The van der Waals surface area contributed by atoms with Crippen molar-refractivity contribution in [2.75, 3.05) is 5.32 Å². The number of hydrogen-bond donors (Lipinski definition) is 4. The van der Waals surface area contributed by atoms with E-state index in [1.54, 1.807) is 12.1 Å². The summed E-state index contributed by atoms with van der Waals surface area (Å²) < 4.78 is 0. The minimum absolute atomic E-state index is 0.0170. The normalized spacial score (nSPS) is 10.0. The number of thiocarbonyl (C=S) groups is 1. The Balaban J connectivity index is 1.72. The molecule has 0 aromatic heterocycles. The molecule has 0 bridgehead atoms. The zero-order chi connectivity index (χ0) is 21.4. The summed E-state index contributed by atoms with van der Waals surface area (Å²) in [5.74, 6) is -1.06. The van der Waals surface area contributed by atoms with Crippen molar-refractivity contribution in [2.24, 2.45) is 0 Å². The van der Waals surface area contributed by atoms with Crippen LogP contribution >= 0.6 is 12.2 Å². The number of nitrogens with one attached hydrogen (secondary N) is 4. The molecule has 8 heteroatoms. The SMILES string of the molecule is Cc1ccc(NC(=O)CCC(=O)NNC(=S)NC(=O)c2ccccc2C)c(C)c1. The maximum atomic E-state index is 12.2. The quantitative estimate of drug-likeness (QED) is 0.447. The number of hydrazine groups is 1. The average Bonchev–Trinajstić information content (AvgIpc) is 2.67. The Labute approximate surface area is 175 Å². The molecule has 4 N–H and O–H groups in total. The molecule has 0 fully saturated rings. The van der Waals surface area contributed by atoms with Crippen molar-refractivity contribution in [1.29, 1.82) is 0 Å². The molecule has 0 radical (unpaired) electrons. The lowest BCUT2D eigenvalue weighted by atomic mass is 10.1. The topological polar surface area (TPSA) is 99.3 Å². The van der Waals surface area contributed by atoms with Gasteiger partial charge in [0, 0.05) is 24.1 Å². The summed E-state index contributed by atoms with van der Waals surface area (Å²) in [7, 11) is 0. The molecule has 2 aromatic carbocycles. The molecule has 3 amide bonds. The van der Waals surface area contributed by atoms with Crippen molar-refractivity contribution in [1.82, 2.24) is 16.2 Å². The van der Waals surface area contributed by atoms with Gasteiger partial charge in [-0.2, -0.15) is 0 Å². The van der Waals surface area contributed by atoms with Gasteiger partial charge in [-0.25, -0.2) is 0 Å². The fraction of sp³-hybridized carbons (Fsp3) is 0.238. The highest BCUT2D eigenvalue weighted by Gasteiger charge is 2.12. The predicted octanol–water partition coefficient (Wildman–Crippen LogP) is 2.67. The van der Waals surface area contributed by atoms with E-state index >= 15 is 0 Å². The van der Waals surface area contributed by atoms with Gasteiger partial charge in [-0.1, -0.05) is 35.9 Å². The highest BCUT2D eigenvalue weighted by molar-refractivity contribution is 7.80. The second-order valence-corrected chi connectivity index (χ2v) is 7.05. The first-order chi connectivity index (χ1) is 13.8. The van der Waals surface area contributed by atoms with Gasteiger partial charge in [0.05, 0.1) is 0 Å². The van der Waals surface area contributed by atoms with Gasteiger partial charge in [0.15, 0.2) is 5.11 Å². The maximum Gasteiger partial charge on any atom is 0.257 e. The standard InChI is InChI=1S/C21H24N4O3S/c1-13-8-9-17(15(3)12-13)22-18(26)10-11-19(27)24-25-21(29)23-20(28)16-7-5-4-6-14(16)2/h4-9,12H,10-11H2,1-3H3,(H,22,26)(H,24,27)(H2,23,25,28,29). The molecule has 0 atom stereocenters. The van der Waals surface area contributed by atoms with E-state index in [4.69, 9.17) is 12.2 Å². The lowest BCUT2D eigenvalue weighted by Crippen LogP contribution is -2.48. The van der Waals surface area contributed by atoms with Crippen LogP contribution in [-0.2, 0) is 9.59 Å². The first-order valence-electron chi connectivity index (χ1n) is 9.09. The summed E-state index contributed by atoms with van der Waals surface area (Å²) in [5.41, 5.74) is 8.92. The van der Waals surface area contributed by atoms with Crippen LogP contribution in [0.4, 0.5) is 5.69 Å². The number of rotatable bonds is 5. The second kappa shape index (κ2) is 10.3. The van der Waals surface area contributed by atoms with Crippen LogP contribution in [0.5, 0.6) is 0 Å². The monoisotopic (exact) mass is 412 g/mol. The third kappa shape index (κ3) is 7.00. The first kappa shape index (κ1) is 22.0. The zero-order valence-electron chi connectivity index (χ0n) is 16.6. The third-order valence-corrected chi connectivity index (χ3v) is 4.37. The van der Waals surface area contributed by atoms with Gasteiger partial charge in [-0.3, -0.25) is 30.6 Å². The summed E-state index contributed by atoms with van der Waals surface area (Å²) in [6.07, 6.45) is -0.0126. The van der Waals surface area contributed by atoms with Gasteiger partial charge < -0.3 is 5.32 Å². The number of anilines is 1. The Hall–Kier alpha value is -3.26. The van der Waals surface area contributed by atoms with E-state index in [1.807, 2.05) is 51.1 Å². The maximum absolute atomic E-state index is 12.2. The van der Waals surface area contributed by atoms with Gasteiger partial charge in [0.2, 0.25) is 11.8 Å². The summed E-state index contributed by atoms with van der Waals surface area (Å²) in [6.45, 7) is 5.70. The number of amides is 3. The van der Waals surface area contributed by atoms with Crippen molar-refractivity contribution >= 4 is 40.7 Å². The van der Waals surface area contributed by atoms with Crippen LogP contribution in [0.3, 0.4) is 0 Å². The van der Waals surface area contributed by atoms with Gasteiger partial charge in [0.25, 0.3) is 5.91 Å². The fourth-order valence-corrected chi connectivity index (χ4v) is 2.76. The molecule has 2 rings (SSSR count). The largest absolute Gasteiger partial charge is 0.326 e. The van der Waals surface area contributed by atoms with E-state index in [9.17, 15) is 14.4 Å². The molecule has 0 unspecified atom stereocenters. The van der Waals surface area contributed by atoms with Crippen LogP contribution < -0.4 is 21.5 Å².